The van der Waals surface area contributed by atoms with Crippen LogP contribution in [0.5, 0.6) is 0 Å². The monoisotopic (exact) mass is 413 g/mol. The zero-order chi connectivity index (χ0) is 21.5. The number of nitrogens with one attached hydrogen (secondary N) is 1. The molecule has 1 aromatic heterocycles. The van der Waals surface area contributed by atoms with E-state index in [1.807, 2.05) is 56.4 Å². The van der Waals surface area contributed by atoms with Crippen LogP contribution < -0.4 is 5.32 Å². The highest BCUT2D eigenvalue weighted by atomic mass is 19.4. The lowest BCUT2D eigenvalue weighted by Crippen LogP contribution is -2.39. The highest BCUT2D eigenvalue weighted by Gasteiger charge is 2.36. The molecule has 0 fully saturated rings. The Morgan fingerprint density at radius 1 is 1.03 bits per heavy atom. The second-order valence-electron chi connectivity index (χ2n) is 7.72. The molecular formula is C23H22F3N3O. The highest BCUT2D eigenvalue weighted by Crippen LogP contribution is 2.38. The van der Waals surface area contributed by atoms with E-state index in [-0.39, 0.29) is 17.6 Å². The molecule has 1 aliphatic rings. The number of hydrogen-bond donors (Lipinski definition) is 1. The summed E-state index contributed by atoms with van der Waals surface area (Å²) in [4.78, 5) is 14.9. The van der Waals surface area contributed by atoms with Crippen LogP contribution in [0.1, 0.15) is 36.7 Å². The van der Waals surface area contributed by atoms with Gasteiger partial charge in [-0.25, -0.2) is 4.79 Å². The summed E-state index contributed by atoms with van der Waals surface area (Å²) < 4.78 is 42.2. The van der Waals surface area contributed by atoms with Crippen LogP contribution in [0, 0.1) is 5.92 Å². The van der Waals surface area contributed by atoms with Crippen molar-refractivity contribution in [3.63, 3.8) is 0 Å². The number of fused-ring (bicyclic) bond motifs is 3. The largest absolute Gasteiger partial charge is 0.418 e. The van der Waals surface area contributed by atoms with Gasteiger partial charge in [0.15, 0.2) is 0 Å². The molecule has 3 aromatic rings. The number of carbonyl (C=O) groups is 1. The number of urea groups is 1. The van der Waals surface area contributed by atoms with Crippen molar-refractivity contribution in [3.8, 4) is 5.69 Å². The van der Waals surface area contributed by atoms with Crippen LogP contribution >= 0.6 is 0 Å². The van der Waals surface area contributed by atoms with E-state index in [1.54, 1.807) is 4.90 Å². The first-order valence-electron chi connectivity index (χ1n) is 9.76. The van der Waals surface area contributed by atoms with Crippen LogP contribution in [0.4, 0.5) is 23.7 Å². The first-order valence-corrected chi connectivity index (χ1v) is 9.76. The van der Waals surface area contributed by atoms with Crippen molar-refractivity contribution < 1.29 is 18.0 Å². The summed E-state index contributed by atoms with van der Waals surface area (Å²) in [5, 5.41) is 2.51. The van der Waals surface area contributed by atoms with Gasteiger partial charge in [0.25, 0.3) is 0 Å². The molecular weight excluding hydrogens is 391 g/mol. The van der Waals surface area contributed by atoms with Crippen molar-refractivity contribution >= 4 is 11.7 Å². The maximum atomic E-state index is 13.4. The predicted molar refractivity (Wildman–Crippen MR) is 109 cm³/mol. The topological polar surface area (TPSA) is 37.3 Å². The third kappa shape index (κ3) is 3.56. The zero-order valence-electron chi connectivity index (χ0n) is 16.6. The minimum atomic E-state index is -4.55. The van der Waals surface area contributed by atoms with Crippen molar-refractivity contribution in [2.75, 3.05) is 5.32 Å². The number of aromatic nitrogens is 1. The lowest BCUT2D eigenvalue weighted by Gasteiger charge is -2.33. The maximum absolute atomic E-state index is 13.4. The van der Waals surface area contributed by atoms with Crippen LogP contribution in [-0.4, -0.2) is 15.5 Å². The fourth-order valence-electron chi connectivity index (χ4n) is 4.10. The van der Waals surface area contributed by atoms with E-state index >= 15 is 0 Å². The standard InChI is InChI=1S/C23H22F3N3O/c1-15(2)21-20-12-7-13-28(20)19-11-6-3-8-16(19)14-29(21)22(30)27-18-10-5-4-9-17(18)23(24,25)26/h3-13,15,21H,14H2,1-2H3,(H,27,30)/t21-/m1/s1. The summed E-state index contributed by atoms with van der Waals surface area (Å²) in [7, 11) is 0. The Hall–Kier alpha value is -3.22. The summed E-state index contributed by atoms with van der Waals surface area (Å²) in [5.41, 5.74) is 1.71. The molecule has 0 saturated heterocycles. The molecule has 1 atom stereocenters. The van der Waals surface area contributed by atoms with Gasteiger partial charge in [-0.3, -0.25) is 0 Å². The Bertz CT molecular complexity index is 1070. The van der Waals surface area contributed by atoms with Crippen molar-refractivity contribution in [2.45, 2.75) is 32.6 Å². The lowest BCUT2D eigenvalue weighted by atomic mass is 9.99. The molecule has 0 spiro atoms. The number of benzene rings is 2. The van der Waals surface area contributed by atoms with E-state index in [9.17, 15) is 18.0 Å². The fourth-order valence-corrected chi connectivity index (χ4v) is 4.10. The van der Waals surface area contributed by atoms with Crippen molar-refractivity contribution in [3.05, 3.63) is 83.7 Å². The molecule has 1 aliphatic heterocycles. The minimum Gasteiger partial charge on any atom is -0.318 e. The number of rotatable bonds is 2. The molecule has 2 aromatic carbocycles. The molecule has 1 N–H and O–H groups in total. The molecule has 156 valence electrons. The molecule has 2 heterocycles. The smallest absolute Gasteiger partial charge is 0.318 e. The van der Waals surface area contributed by atoms with Crippen molar-refractivity contribution in [1.29, 1.82) is 0 Å². The van der Waals surface area contributed by atoms with Gasteiger partial charge in [-0.1, -0.05) is 44.2 Å². The van der Waals surface area contributed by atoms with Crippen LogP contribution in [-0.2, 0) is 12.7 Å². The number of carbonyl (C=O) groups excluding carboxylic acids is 1. The first-order chi connectivity index (χ1) is 14.3. The normalized spacial score (nSPS) is 16.1. The van der Waals surface area contributed by atoms with Gasteiger partial charge in [0.05, 0.1) is 29.5 Å². The molecule has 0 saturated carbocycles. The number of alkyl halides is 3. The minimum absolute atomic E-state index is 0.0524. The second kappa shape index (κ2) is 7.55. The third-order valence-electron chi connectivity index (χ3n) is 5.38. The van der Waals surface area contributed by atoms with Crippen LogP contribution in [0.2, 0.25) is 0 Å². The van der Waals surface area contributed by atoms with Gasteiger partial charge in [0.2, 0.25) is 0 Å². The Labute approximate surface area is 172 Å². The summed E-state index contributed by atoms with van der Waals surface area (Å²) in [5.74, 6) is 0.0524. The summed E-state index contributed by atoms with van der Waals surface area (Å²) in [6.45, 7) is 4.30. The average molecular weight is 413 g/mol. The summed E-state index contributed by atoms with van der Waals surface area (Å²) in [6, 6.07) is 15.8. The molecule has 4 nitrogen and oxygen atoms in total. The van der Waals surface area contributed by atoms with E-state index in [0.717, 1.165) is 23.0 Å². The van der Waals surface area contributed by atoms with Gasteiger partial charge >= 0.3 is 12.2 Å². The van der Waals surface area contributed by atoms with Crippen molar-refractivity contribution in [1.82, 2.24) is 9.47 Å². The highest BCUT2D eigenvalue weighted by molar-refractivity contribution is 5.90. The molecule has 0 radical (unpaired) electrons. The van der Waals surface area contributed by atoms with Crippen LogP contribution in [0.25, 0.3) is 5.69 Å². The van der Waals surface area contributed by atoms with Gasteiger partial charge in [0, 0.05) is 11.9 Å². The van der Waals surface area contributed by atoms with Gasteiger partial charge in [0.1, 0.15) is 0 Å². The Morgan fingerprint density at radius 3 is 2.47 bits per heavy atom. The van der Waals surface area contributed by atoms with E-state index in [4.69, 9.17) is 0 Å². The number of halogens is 3. The Balaban J connectivity index is 1.76. The first kappa shape index (κ1) is 20.1. The SMILES string of the molecule is CC(C)[C@@H]1c2cccn2-c2ccccc2CN1C(=O)Nc1ccccc1C(F)(F)F. The van der Waals surface area contributed by atoms with Gasteiger partial charge in [-0.2, -0.15) is 13.2 Å². The van der Waals surface area contributed by atoms with Gasteiger partial charge in [-0.05, 0) is 41.8 Å². The molecule has 0 aliphatic carbocycles. The van der Waals surface area contributed by atoms with E-state index in [0.29, 0.717) is 6.54 Å². The molecule has 2 amide bonds. The summed E-state index contributed by atoms with van der Waals surface area (Å²) in [6.07, 6.45) is -2.61. The van der Waals surface area contributed by atoms with Gasteiger partial charge in [-0.15, -0.1) is 0 Å². The number of hydrogen-bond acceptors (Lipinski definition) is 1. The fraction of sp³-hybridized carbons (Fsp3) is 0.261. The van der Waals surface area contributed by atoms with Crippen molar-refractivity contribution in [2.24, 2.45) is 5.92 Å². The number of amides is 2. The third-order valence-corrected chi connectivity index (χ3v) is 5.38. The summed E-state index contributed by atoms with van der Waals surface area (Å²) >= 11 is 0. The molecule has 4 rings (SSSR count). The lowest BCUT2D eigenvalue weighted by molar-refractivity contribution is -0.136. The van der Waals surface area contributed by atoms with E-state index in [1.165, 1.54) is 18.2 Å². The van der Waals surface area contributed by atoms with Crippen LogP contribution in [0.3, 0.4) is 0 Å². The Kier molecular flexibility index (Phi) is 5.05. The maximum Gasteiger partial charge on any atom is 0.418 e. The van der Waals surface area contributed by atoms with Gasteiger partial charge < -0.3 is 14.8 Å². The Morgan fingerprint density at radius 2 is 1.73 bits per heavy atom. The number of para-hydroxylation sites is 2. The van der Waals surface area contributed by atoms with Crippen LogP contribution in [0.15, 0.2) is 66.9 Å². The number of nitrogens with zero attached hydrogens (tertiary/aromatic N) is 2. The second-order valence-corrected chi connectivity index (χ2v) is 7.72. The number of anilines is 1. The molecule has 0 bridgehead atoms. The zero-order valence-corrected chi connectivity index (χ0v) is 16.6. The quantitative estimate of drug-likeness (QED) is 0.530. The molecule has 7 heteroatoms. The predicted octanol–water partition coefficient (Wildman–Crippen LogP) is 6.24. The molecule has 30 heavy (non-hydrogen) atoms. The average Bonchev–Trinajstić information content (AvgIpc) is 3.11. The van der Waals surface area contributed by atoms with E-state index < -0.39 is 17.8 Å². The van der Waals surface area contributed by atoms with E-state index in [2.05, 4.69) is 9.88 Å². The molecule has 0 unspecified atom stereocenters.